The first kappa shape index (κ1) is 22.1. The zero-order valence-corrected chi connectivity index (χ0v) is 18.4. The molecule has 1 saturated heterocycles. The minimum absolute atomic E-state index is 0.0776. The molecule has 2 aromatic rings. The number of likely N-dealkylation sites (N-methyl/N-ethyl adjacent to an activating group) is 1. The Morgan fingerprint density at radius 3 is 2.59 bits per heavy atom. The highest BCUT2D eigenvalue weighted by Gasteiger charge is 2.33. The van der Waals surface area contributed by atoms with Crippen LogP contribution >= 0.6 is 0 Å². The summed E-state index contributed by atoms with van der Waals surface area (Å²) in [5.74, 6) is 1.09. The van der Waals surface area contributed by atoms with Crippen molar-refractivity contribution < 1.29 is 19.1 Å². The molecule has 2 aliphatic rings. The monoisotopic (exact) mass is 438 g/mol. The normalized spacial score (nSPS) is 19.1. The standard InChI is InChI=1S/C24H30N4O4/c1-25-24(30)20-16-27(15-18-6-3-2-4-7-18)10-11-28(20)17-23(29)26-19-8-9-21-22(14-19)32-13-5-12-31-21/h2-4,6-9,14,20H,5,10-13,15-17H2,1H3,(H,25,30)(H,26,29). The van der Waals surface area contributed by atoms with E-state index in [9.17, 15) is 9.59 Å². The zero-order valence-electron chi connectivity index (χ0n) is 18.4. The van der Waals surface area contributed by atoms with Gasteiger partial charge in [0.05, 0.1) is 19.8 Å². The number of fused-ring (bicyclic) bond motifs is 1. The third-order valence-electron chi connectivity index (χ3n) is 5.75. The van der Waals surface area contributed by atoms with Gasteiger partial charge in [0.25, 0.3) is 0 Å². The molecule has 1 unspecified atom stereocenters. The van der Waals surface area contributed by atoms with Gasteiger partial charge in [-0.15, -0.1) is 0 Å². The number of rotatable bonds is 6. The van der Waals surface area contributed by atoms with Gasteiger partial charge in [-0.2, -0.15) is 0 Å². The molecule has 0 saturated carbocycles. The number of carbonyl (C=O) groups is 2. The summed E-state index contributed by atoms with van der Waals surface area (Å²) in [7, 11) is 1.63. The summed E-state index contributed by atoms with van der Waals surface area (Å²) >= 11 is 0. The maximum absolute atomic E-state index is 12.8. The van der Waals surface area contributed by atoms with Gasteiger partial charge >= 0.3 is 0 Å². The van der Waals surface area contributed by atoms with Crippen LogP contribution in [0.3, 0.4) is 0 Å². The van der Waals surface area contributed by atoms with Crippen molar-refractivity contribution in [3.05, 3.63) is 54.1 Å². The molecule has 170 valence electrons. The van der Waals surface area contributed by atoms with Crippen LogP contribution in [0, 0.1) is 0 Å². The van der Waals surface area contributed by atoms with Gasteiger partial charge < -0.3 is 20.1 Å². The number of hydrogen-bond acceptors (Lipinski definition) is 6. The molecule has 0 aliphatic carbocycles. The Kier molecular flexibility index (Phi) is 7.24. The Bertz CT molecular complexity index is 937. The van der Waals surface area contributed by atoms with Crippen LogP contribution in [0.25, 0.3) is 0 Å². The molecule has 0 radical (unpaired) electrons. The lowest BCUT2D eigenvalue weighted by Gasteiger charge is -2.40. The number of nitrogens with zero attached hydrogens (tertiary/aromatic N) is 2. The number of nitrogens with one attached hydrogen (secondary N) is 2. The lowest BCUT2D eigenvalue weighted by atomic mass is 10.1. The first-order valence-corrected chi connectivity index (χ1v) is 11.0. The molecule has 2 heterocycles. The quantitative estimate of drug-likeness (QED) is 0.715. The van der Waals surface area contributed by atoms with Gasteiger partial charge in [-0.3, -0.25) is 19.4 Å². The second kappa shape index (κ2) is 10.5. The van der Waals surface area contributed by atoms with E-state index in [1.807, 2.05) is 29.2 Å². The van der Waals surface area contributed by atoms with Crippen molar-refractivity contribution in [1.29, 1.82) is 0 Å². The number of hydrogen-bond donors (Lipinski definition) is 2. The van der Waals surface area contributed by atoms with Crippen LogP contribution < -0.4 is 20.1 Å². The van der Waals surface area contributed by atoms with Gasteiger partial charge in [-0.1, -0.05) is 30.3 Å². The Hall–Kier alpha value is -3.10. The number of carbonyl (C=O) groups excluding carboxylic acids is 2. The van der Waals surface area contributed by atoms with E-state index in [2.05, 4.69) is 27.7 Å². The van der Waals surface area contributed by atoms with Crippen LogP contribution in [0.1, 0.15) is 12.0 Å². The van der Waals surface area contributed by atoms with Gasteiger partial charge in [-0.05, 0) is 17.7 Å². The van der Waals surface area contributed by atoms with Crippen LogP contribution in [0.4, 0.5) is 5.69 Å². The Morgan fingerprint density at radius 2 is 1.81 bits per heavy atom. The van der Waals surface area contributed by atoms with Gasteiger partial charge in [0.1, 0.15) is 6.04 Å². The molecule has 1 fully saturated rings. The van der Waals surface area contributed by atoms with Crippen LogP contribution in [0.5, 0.6) is 11.5 Å². The predicted molar refractivity (Wildman–Crippen MR) is 122 cm³/mol. The minimum Gasteiger partial charge on any atom is -0.490 e. The van der Waals surface area contributed by atoms with Crippen LogP contribution in [-0.2, 0) is 16.1 Å². The summed E-state index contributed by atoms with van der Waals surface area (Å²) in [5.41, 5.74) is 1.86. The Labute approximate surface area is 188 Å². The molecule has 0 aromatic heterocycles. The Balaban J connectivity index is 1.37. The fraction of sp³-hybridized carbons (Fsp3) is 0.417. The summed E-state index contributed by atoms with van der Waals surface area (Å²) < 4.78 is 11.3. The predicted octanol–water partition coefficient (Wildman–Crippen LogP) is 1.72. The lowest BCUT2D eigenvalue weighted by Crippen LogP contribution is -2.59. The number of anilines is 1. The molecule has 0 spiro atoms. The molecule has 2 aliphatic heterocycles. The van der Waals surface area contributed by atoms with E-state index in [1.54, 1.807) is 19.2 Å². The van der Waals surface area contributed by atoms with Crippen molar-refractivity contribution in [3.63, 3.8) is 0 Å². The van der Waals surface area contributed by atoms with Crippen LogP contribution in [0.15, 0.2) is 48.5 Å². The molecule has 2 N–H and O–H groups in total. The summed E-state index contributed by atoms with van der Waals surface area (Å²) in [6, 6.07) is 15.2. The zero-order chi connectivity index (χ0) is 22.3. The van der Waals surface area contributed by atoms with Crippen molar-refractivity contribution in [3.8, 4) is 11.5 Å². The van der Waals surface area contributed by atoms with Gasteiger partial charge in [0.2, 0.25) is 11.8 Å². The van der Waals surface area contributed by atoms with Crippen LogP contribution in [-0.4, -0.2) is 74.1 Å². The molecule has 32 heavy (non-hydrogen) atoms. The molecule has 2 aromatic carbocycles. The number of ether oxygens (including phenoxy) is 2. The van der Waals surface area contributed by atoms with Crippen molar-refractivity contribution >= 4 is 17.5 Å². The van der Waals surface area contributed by atoms with E-state index in [0.29, 0.717) is 43.5 Å². The van der Waals surface area contributed by atoms with Gasteiger partial charge in [0, 0.05) is 51.4 Å². The third-order valence-corrected chi connectivity index (χ3v) is 5.75. The van der Waals surface area contributed by atoms with E-state index in [-0.39, 0.29) is 24.4 Å². The average Bonchev–Trinajstić information content (AvgIpc) is 3.05. The fourth-order valence-electron chi connectivity index (χ4n) is 4.09. The number of amides is 2. The molecule has 8 heteroatoms. The summed E-state index contributed by atoms with van der Waals surface area (Å²) in [6.07, 6.45) is 0.827. The first-order valence-electron chi connectivity index (χ1n) is 11.0. The number of benzene rings is 2. The SMILES string of the molecule is CNC(=O)C1CN(Cc2ccccc2)CCN1CC(=O)Nc1ccc2c(c1)OCCCO2. The summed E-state index contributed by atoms with van der Waals surface area (Å²) in [6.45, 7) is 4.14. The smallest absolute Gasteiger partial charge is 0.238 e. The van der Waals surface area contributed by atoms with E-state index >= 15 is 0 Å². The van der Waals surface area contributed by atoms with Gasteiger partial charge in [-0.25, -0.2) is 0 Å². The van der Waals surface area contributed by atoms with E-state index in [0.717, 1.165) is 19.5 Å². The third kappa shape index (κ3) is 5.57. The summed E-state index contributed by atoms with van der Waals surface area (Å²) in [5, 5.41) is 5.67. The maximum atomic E-state index is 12.8. The maximum Gasteiger partial charge on any atom is 0.238 e. The molecule has 8 nitrogen and oxygen atoms in total. The molecular weight excluding hydrogens is 408 g/mol. The minimum atomic E-state index is -0.382. The van der Waals surface area contributed by atoms with Crippen molar-refractivity contribution in [1.82, 2.24) is 15.1 Å². The average molecular weight is 439 g/mol. The second-order valence-electron chi connectivity index (χ2n) is 8.08. The largest absolute Gasteiger partial charge is 0.490 e. The second-order valence-corrected chi connectivity index (χ2v) is 8.08. The molecule has 4 rings (SSSR count). The van der Waals surface area contributed by atoms with Crippen LogP contribution in [0.2, 0.25) is 0 Å². The summed E-state index contributed by atoms with van der Waals surface area (Å²) in [4.78, 5) is 29.5. The van der Waals surface area contributed by atoms with Gasteiger partial charge in [0.15, 0.2) is 11.5 Å². The number of piperazine rings is 1. The fourth-order valence-corrected chi connectivity index (χ4v) is 4.09. The van der Waals surface area contributed by atoms with E-state index in [4.69, 9.17) is 9.47 Å². The van der Waals surface area contributed by atoms with Crippen molar-refractivity contribution in [2.45, 2.75) is 19.0 Å². The Morgan fingerprint density at radius 1 is 1.03 bits per heavy atom. The first-order chi connectivity index (χ1) is 15.6. The topological polar surface area (TPSA) is 83.1 Å². The highest BCUT2D eigenvalue weighted by molar-refractivity contribution is 5.93. The molecule has 0 bridgehead atoms. The van der Waals surface area contributed by atoms with Crippen molar-refractivity contribution in [2.75, 3.05) is 51.8 Å². The highest BCUT2D eigenvalue weighted by atomic mass is 16.5. The van der Waals surface area contributed by atoms with E-state index < -0.39 is 0 Å². The van der Waals surface area contributed by atoms with Crippen molar-refractivity contribution in [2.24, 2.45) is 0 Å². The highest BCUT2D eigenvalue weighted by Crippen LogP contribution is 2.32. The molecule has 2 amide bonds. The lowest BCUT2D eigenvalue weighted by molar-refractivity contribution is -0.130. The van der Waals surface area contributed by atoms with E-state index in [1.165, 1.54) is 5.56 Å². The molecule has 1 atom stereocenters. The molecular formula is C24H30N4O4.